The maximum absolute atomic E-state index is 5.04. The minimum absolute atomic E-state index is 0.207. The molecule has 0 amide bonds. The van der Waals surface area contributed by atoms with Gasteiger partial charge >= 0.3 is 0 Å². The minimum atomic E-state index is 0.207. The molecule has 6 heteroatoms. The van der Waals surface area contributed by atoms with Crippen molar-refractivity contribution in [2.45, 2.75) is 26.3 Å². The van der Waals surface area contributed by atoms with Crippen LogP contribution in [0.4, 0.5) is 0 Å². The van der Waals surface area contributed by atoms with Crippen molar-refractivity contribution in [1.82, 2.24) is 25.0 Å². The SMILES string of the molecule is Cc1noc(CCNC(C)c2nccn2C)n1. The summed E-state index contributed by atoms with van der Waals surface area (Å²) in [5, 5.41) is 7.12. The standard InChI is InChI=1S/C11H17N5O/c1-8(11-13-6-7-16(11)3)12-5-4-10-14-9(2)15-17-10/h6-8,12H,4-5H2,1-3H3. The number of imidazole rings is 1. The van der Waals surface area contributed by atoms with Crippen LogP contribution in [0, 0.1) is 6.92 Å². The van der Waals surface area contributed by atoms with E-state index in [1.165, 1.54) is 0 Å². The van der Waals surface area contributed by atoms with Crippen molar-refractivity contribution in [2.75, 3.05) is 6.54 Å². The summed E-state index contributed by atoms with van der Waals surface area (Å²) in [6, 6.07) is 0.207. The first-order valence-corrected chi connectivity index (χ1v) is 5.66. The molecule has 17 heavy (non-hydrogen) atoms. The number of nitrogens with zero attached hydrogens (tertiary/aromatic N) is 4. The number of nitrogens with one attached hydrogen (secondary N) is 1. The summed E-state index contributed by atoms with van der Waals surface area (Å²) in [7, 11) is 1.99. The first-order chi connectivity index (χ1) is 8.16. The first kappa shape index (κ1) is 11.8. The van der Waals surface area contributed by atoms with E-state index < -0.39 is 0 Å². The van der Waals surface area contributed by atoms with Crippen molar-refractivity contribution < 1.29 is 4.52 Å². The van der Waals surface area contributed by atoms with E-state index in [0.29, 0.717) is 11.7 Å². The predicted octanol–water partition coefficient (Wildman–Crippen LogP) is 1.00. The maximum atomic E-state index is 5.04. The highest BCUT2D eigenvalue weighted by molar-refractivity contribution is 4.97. The molecule has 1 unspecified atom stereocenters. The molecule has 92 valence electrons. The smallest absolute Gasteiger partial charge is 0.227 e. The Balaban J connectivity index is 1.81. The van der Waals surface area contributed by atoms with E-state index in [1.54, 1.807) is 6.20 Å². The van der Waals surface area contributed by atoms with Crippen LogP contribution in [0.1, 0.15) is 30.5 Å². The molecule has 0 saturated heterocycles. The average molecular weight is 235 g/mol. The zero-order valence-corrected chi connectivity index (χ0v) is 10.3. The Hall–Kier alpha value is -1.69. The van der Waals surface area contributed by atoms with Gasteiger partial charge in [-0.25, -0.2) is 4.98 Å². The molecule has 0 aliphatic carbocycles. The van der Waals surface area contributed by atoms with E-state index in [-0.39, 0.29) is 6.04 Å². The summed E-state index contributed by atoms with van der Waals surface area (Å²) in [6.07, 6.45) is 4.47. The molecule has 1 atom stereocenters. The molecular weight excluding hydrogens is 218 g/mol. The highest BCUT2D eigenvalue weighted by atomic mass is 16.5. The molecule has 0 fully saturated rings. The average Bonchev–Trinajstić information content (AvgIpc) is 2.87. The van der Waals surface area contributed by atoms with Crippen molar-refractivity contribution in [1.29, 1.82) is 0 Å². The van der Waals surface area contributed by atoms with Gasteiger partial charge in [-0.1, -0.05) is 5.16 Å². The van der Waals surface area contributed by atoms with Crippen LogP contribution in [0.2, 0.25) is 0 Å². The van der Waals surface area contributed by atoms with Crippen molar-refractivity contribution in [3.63, 3.8) is 0 Å². The van der Waals surface area contributed by atoms with Crippen LogP contribution in [0.25, 0.3) is 0 Å². The second-order valence-corrected chi connectivity index (χ2v) is 4.06. The Morgan fingerprint density at radius 1 is 1.53 bits per heavy atom. The van der Waals surface area contributed by atoms with Gasteiger partial charge in [-0.2, -0.15) is 4.98 Å². The molecular formula is C11H17N5O. The van der Waals surface area contributed by atoms with Gasteiger partial charge < -0.3 is 14.4 Å². The molecule has 0 aliphatic rings. The number of rotatable bonds is 5. The molecule has 0 saturated carbocycles. The molecule has 0 radical (unpaired) electrons. The van der Waals surface area contributed by atoms with Gasteiger partial charge in [0.2, 0.25) is 5.89 Å². The highest BCUT2D eigenvalue weighted by Gasteiger charge is 2.10. The van der Waals surface area contributed by atoms with Gasteiger partial charge in [0.25, 0.3) is 0 Å². The Kier molecular flexibility index (Phi) is 3.53. The zero-order valence-electron chi connectivity index (χ0n) is 10.3. The Bertz CT molecular complexity index is 476. The van der Waals surface area contributed by atoms with Crippen molar-refractivity contribution >= 4 is 0 Å². The van der Waals surface area contributed by atoms with Crippen LogP contribution < -0.4 is 5.32 Å². The molecule has 6 nitrogen and oxygen atoms in total. The second kappa shape index (κ2) is 5.09. The molecule has 1 N–H and O–H groups in total. The van der Waals surface area contributed by atoms with Gasteiger partial charge in [-0.15, -0.1) is 0 Å². The van der Waals surface area contributed by atoms with Gasteiger partial charge in [0, 0.05) is 32.4 Å². The van der Waals surface area contributed by atoms with Crippen LogP contribution in [0.5, 0.6) is 0 Å². The van der Waals surface area contributed by atoms with Crippen LogP contribution in [0.15, 0.2) is 16.9 Å². The van der Waals surface area contributed by atoms with Crippen molar-refractivity contribution in [3.05, 3.63) is 29.9 Å². The van der Waals surface area contributed by atoms with Crippen molar-refractivity contribution in [3.8, 4) is 0 Å². The van der Waals surface area contributed by atoms with E-state index in [0.717, 1.165) is 18.8 Å². The van der Waals surface area contributed by atoms with Gasteiger partial charge in [0.15, 0.2) is 5.82 Å². The second-order valence-electron chi connectivity index (χ2n) is 4.06. The lowest BCUT2D eigenvalue weighted by Crippen LogP contribution is -2.23. The molecule has 0 spiro atoms. The fourth-order valence-electron chi connectivity index (χ4n) is 1.72. The number of aromatic nitrogens is 4. The predicted molar refractivity (Wildman–Crippen MR) is 62.4 cm³/mol. The Morgan fingerprint density at radius 2 is 2.35 bits per heavy atom. The summed E-state index contributed by atoms with van der Waals surface area (Å²) in [4.78, 5) is 8.44. The van der Waals surface area contributed by atoms with Crippen LogP contribution in [-0.4, -0.2) is 26.2 Å². The summed E-state index contributed by atoms with van der Waals surface area (Å²) in [6.45, 7) is 4.69. The van der Waals surface area contributed by atoms with E-state index in [2.05, 4.69) is 27.4 Å². The summed E-state index contributed by atoms with van der Waals surface area (Å²) >= 11 is 0. The van der Waals surface area contributed by atoms with Gasteiger partial charge in [-0.3, -0.25) is 0 Å². The number of hydrogen-bond acceptors (Lipinski definition) is 5. The minimum Gasteiger partial charge on any atom is -0.339 e. The third-order valence-corrected chi connectivity index (χ3v) is 2.60. The quantitative estimate of drug-likeness (QED) is 0.837. The van der Waals surface area contributed by atoms with Crippen LogP contribution in [-0.2, 0) is 13.5 Å². The summed E-state index contributed by atoms with van der Waals surface area (Å²) in [5.74, 6) is 2.37. The molecule has 0 aromatic carbocycles. The zero-order chi connectivity index (χ0) is 12.3. The lowest BCUT2D eigenvalue weighted by molar-refractivity contribution is 0.369. The van der Waals surface area contributed by atoms with Gasteiger partial charge in [-0.05, 0) is 13.8 Å². The van der Waals surface area contributed by atoms with Crippen molar-refractivity contribution in [2.24, 2.45) is 7.05 Å². The number of aryl methyl sites for hydroxylation is 2. The molecule has 2 heterocycles. The molecule has 2 rings (SSSR count). The lowest BCUT2D eigenvalue weighted by Gasteiger charge is -2.12. The van der Waals surface area contributed by atoms with E-state index in [1.807, 2.05) is 24.7 Å². The fraction of sp³-hybridized carbons (Fsp3) is 0.545. The van der Waals surface area contributed by atoms with Crippen LogP contribution >= 0.6 is 0 Å². The lowest BCUT2D eigenvalue weighted by atomic mass is 10.3. The van der Waals surface area contributed by atoms with E-state index >= 15 is 0 Å². The molecule has 2 aromatic rings. The number of hydrogen-bond donors (Lipinski definition) is 1. The normalized spacial score (nSPS) is 12.9. The van der Waals surface area contributed by atoms with E-state index in [9.17, 15) is 0 Å². The third-order valence-electron chi connectivity index (χ3n) is 2.60. The maximum Gasteiger partial charge on any atom is 0.227 e. The summed E-state index contributed by atoms with van der Waals surface area (Å²) < 4.78 is 7.05. The molecule has 2 aromatic heterocycles. The molecule has 0 aliphatic heterocycles. The first-order valence-electron chi connectivity index (χ1n) is 5.66. The van der Waals surface area contributed by atoms with Gasteiger partial charge in [0.05, 0.1) is 6.04 Å². The third kappa shape index (κ3) is 2.91. The van der Waals surface area contributed by atoms with Crippen LogP contribution in [0.3, 0.4) is 0 Å². The Morgan fingerprint density at radius 3 is 2.94 bits per heavy atom. The largest absolute Gasteiger partial charge is 0.339 e. The Labute approximate surface area is 100 Å². The van der Waals surface area contributed by atoms with E-state index in [4.69, 9.17) is 4.52 Å². The topological polar surface area (TPSA) is 68.8 Å². The fourth-order valence-corrected chi connectivity index (χ4v) is 1.72. The highest BCUT2D eigenvalue weighted by Crippen LogP contribution is 2.08. The molecule has 0 bridgehead atoms. The summed E-state index contributed by atoms with van der Waals surface area (Å²) in [5.41, 5.74) is 0. The monoisotopic (exact) mass is 235 g/mol. The van der Waals surface area contributed by atoms with Gasteiger partial charge in [0.1, 0.15) is 5.82 Å².